The SMILES string of the molecule is CCOC(=O)C=O.Fc1ccc2nc(Cl)cnc2c1.Fc1ccc2nc(Cl)cnc2c1.Fc1ccc2ncc(Cl)nc2c1.Fc1ccc2ncc(Cl)nc2c1.Nc1ccc(F)cc1N.O=C1C=Nc2ccc(F)cc2C1.O=P(Cl)(Cl)Cl.O=c1cnc2cc(F)ccc2[nH]1. The lowest BCUT2D eigenvalue weighted by atomic mass is 10.0. The number of fused-ring (bicyclic) bond motifs is 6. The zero-order chi connectivity index (χ0) is 68.4. The molecule has 12 aromatic rings. The lowest BCUT2D eigenvalue weighted by Crippen LogP contribution is -2.08. The fraction of sp³-hybridized carbons (Fsp3) is 0.0508. The van der Waals surface area contributed by atoms with Crippen LogP contribution >= 0.6 is 85.3 Å². The molecule has 0 amide bonds. The van der Waals surface area contributed by atoms with Crippen molar-refractivity contribution in [1.29, 1.82) is 0 Å². The second-order valence-electron chi connectivity index (χ2n) is 17.4. The van der Waals surface area contributed by atoms with Crippen molar-refractivity contribution in [3.05, 3.63) is 236 Å². The summed E-state index contributed by atoms with van der Waals surface area (Å²) in [5, 5.41) is -2.05. The third kappa shape index (κ3) is 27.3. The van der Waals surface area contributed by atoms with Crippen LogP contribution in [0.1, 0.15) is 12.5 Å². The Balaban J connectivity index is 0.000000192. The van der Waals surface area contributed by atoms with Gasteiger partial charge in [0.2, 0.25) is 6.29 Å². The monoisotopic (exact) mass is 1440 g/mol. The molecule has 0 aliphatic carbocycles. The number of nitrogens with two attached hydrogens (primary N) is 2. The zero-order valence-corrected chi connectivity index (χ0v) is 53.1. The number of carbonyl (C=O) groups is 3. The lowest BCUT2D eigenvalue weighted by molar-refractivity contribution is -0.148. The summed E-state index contributed by atoms with van der Waals surface area (Å²) in [5.74, 6) is -3.23. The van der Waals surface area contributed by atoms with E-state index in [1.165, 1.54) is 128 Å². The molecule has 6 heterocycles. The van der Waals surface area contributed by atoms with Crippen LogP contribution in [-0.4, -0.2) is 80.7 Å². The highest BCUT2D eigenvalue weighted by atomic mass is 36.0. The first-order valence-electron chi connectivity index (χ1n) is 25.5. The van der Waals surface area contributed by atoms with Crippen LogP contribution in [0.2, 0.25) is 20.6 Å². The van der Waals surface area contributed by atoms with Gasteiger partial charge in [0.25, 0.3) is 5.56 Å². The van der Waals surface area contributed by atoms with Crippen LogP contribution in [0.5, 0.6) is 0 Å². The van der Waals surface area contributed by atoms with E-state index in [-0.39, 0.29) is 87.4 Å². The van der Waals surface area contributed by atoms with Gasteiger partial charge in [0.05, 0.1) is 116 Å². The summed E-state index contributed by atoms with van der Waals surface area (Å²) in [6.45, 7) is 1.90. The summed E-state index contributed by atoms with van der Waals surface area (Å²) >= 11 is 36.2. The highest BCUT2D eigenvalue weighted by Crippen LogP contribution is 2.61. The summed E-state index contributed by atoms with van der Waals surface area (Å²) in [6, 6.07) is 29.0. The van der Waals surface area contributed by atoms with Gasteiger partial charge in [0.1, 0.15) is 61.3 Å². The van der Waals surface area contributed by atoms with Crippen molar-refractivity contribution in [2.45, 2.75) is 13.3 Å². The third-order valence-electron chi connectivity index (χ3n) is 10.6. The number of aliphatic imine (C=N–C) groups is 1. The molecule has 0 unspecified atom stereocenters. The smallest absolute Gasteiger partial charge is 0.371 e. The van der Waals surface area contributed by atoms with Crippen LogP contribution in [-0.2, 0) is 30.1 Å². The van der Waals surface area contributed by atoms with Crippen LogP contribution in [0.4, 0.5) is 47.8 Å². The van der Waals surface area contributed by atoms with Gasteiger partial charge < -0.3 is 21.2 Å². The number of nitrogen functional groups attached to an aromatic ring is 2. The van der Waals surface area contributed by atoms with Gasteiger partial charge in [-0.2, -0.15) is 0 Å². The van der Waals surface area contributed by atoms with Gasteiger partial charge in [-0.05, 0) is 143 Å². The average Bonchev–Trinajstić information content (AvgIpc) is 1.04. The summed E-state index contributed by atoms with van der Waals surface area (Å²) in [5.41, 5.74) is 17.8. The summed E-state index contributed by atoms with van der Waals surface area (Å²) in [4.78, 5) is 82.5. The molecule has 0 atom stereocenters. The first-order chi connectivity index (χ1) is 44.0. The molecule has 0 radical (unpaired) electrons. The number of esters is 1. The second-order valence-corrected chi connectivity index (χ2v) is 25.6. The van der Waals surface area contributed by atoms with Gasteiger partial charge in [0, 0.05) is 36.8 Å². The molecule has 0 saturated carbocycles. The Morgan fingerprint density at radius 3 is 1.30 bits per heavy atom. The van der Waals surface area contributed by atoms with E-state index in [0.717, 1.165) is 6.20 Å². The maximum Gasteiger partial charge on any atom is 0.371 e. The molecule has 7 aromatic carbocycles. The minimum Gasteiger partial charge on any atom is -0.460 e. The summed E-state index contributed by atoms with van der Waals surface area (Å²) < 4.78 is 102. The minimum absolute atomic E-state index is 0.0758. The van der Waals surface area contributed by atoms with Crippen molar-refractivity contribution in [2.24, 2.45) is 4.99 Å². The molecule has 34 heteroatoms. The Bertz CT molecular complexity index is 4420. The molecule has 13 rings (SSSR count). The summed E-state index contributed by atoms with van der Waals surface area (Å²) in [6.07, 6.45) is 8.46. The number of H-pyrrole nitrogens is 1. The number of nitrogens with zero attached hydrogens (tertiary/aromatic N) is 10. The van der Waals surface area contributed by atoms with E-state index >= 15 is 0 Å². The Morgan fingerprint density at radius 1 is 0.505 bits per heavy atom. The lowest BCUT2D eigenvalue weighted by Gasteiger charge is -2.07. The van der Waals surface area contributed by atoms with E-state index in [1.54, 1.807) is 37.3 Å². The molecule has 0 saturated heterocycles. The number of aromatic amines is 1. The second kappa shape index (κ2) is 36.8. The number of Topliss-reactive ketones (excluding diaryl/α,β-unsaturated/α-hetero) is 1. The number of aldehydes is 1. The van der Waals surface area contributed by atoms with Crippen molar-refractivity contribution in [1.82, 2.24) is 49.8 Å². The molecule has 0 fully saturated rings. The van der Waals surface area contributed by atoms with Crippen LogP contribution in [0, 0.1) is 40.7 Å². The molecule has 5 N–H and O–H groups in total. The van der Waals surface area contributed by atoms with Gasteiger partial charge in [-0.3, -0.25) is 43.9 Å². The fourth-order valence-corrected chi connectivity index (χ4v) is 7.33. The number of hydrogen-bond donors (Lipinski definition) is 3. The fourth-order valence-electron chi connectivity index (χ4n) is 6.78. The molecule has 1 aliphatic rings. The van der Waals surface area contributed by atoms with Crippen molar-refractivity contribution in [2.75, 3.05) is 18.1 Å². The number of anilines is 2. The largest absolute Gasteiger partial charge is 0.460 e. The standard InChI is InChI=1S/C9H6FNO.4C8H4ClFN2.C8H5FN2O.C6H7FN2.C4H6O3.Cl3OP/c10-7-1-2-9-6(3-7)4-8(12)5-11-9;2*9-8-4-11-7-3-5(10)1-2-6(7)12-8;2*9-8-4-11-6-2-1-5(10)3-7(6)12-8;9-5-1-2-6-7(3-5)10-4-8(12)11-6;7-4-1-2-5(8)6(9)3-4;1-2-7-4(6)3-5;1-5(2,3)4/h1-3,5H,4H2;4*1-4H;1-4H,(H,11,12);1-3H,8-9H2;3H,2H2,1H3;. The maximum absolute atomic E-state index is 12.7. The van der Waals surface area contributed by atoms with Gasteiger partial charge >= 0.3 is 11.2 Å². The van der Waals surface area contributed by atoms with Crippen LogP contribution in [0.15, 0.2) is 168 Å². The molecule has 480 valence electrons. The van der Waals surface area contributed by atoms with E-state index in [9.17, 15) is 54.5 Å². The number of rotatable bonds is 2. The van der Waals surface area contributed by atoms with Gasteiger partial charge in [0.15, 0.2) is 5.78 Å². The first kappa shape index (κ1) is 74.6. The Hall–Kier alpha value is -9.11. The average molecular weight is 1440 g/mol. The van der Waals surface area contributed by atoms with E-state index < -0.39 is 11.2 Å². The van der Waals surface area contributed by atoms with Crippen LogP contribution < -0.4 is 17.0 Å². The Labute approximate surface area is 554 Å². The number of halogens is 14. The quantitative estimate of drug-likeness (QED) is 0.0362. The van der Waals surface area contributed by atoms with Crippen molar-refractivity contribution >= 4 is 182 Å². The molecule has 5 aromatic heterocycles. The van der Waals surface area contributed by atoms with E-state index in [0.29, 0.717) is 82.4 Å². The number of aromatic nitrogens is 10. The number of nitrogens with one attached hydrogen (secondary N) is 1. The number of ketones is 1. The number of benzene rings is 7. The normalized spacial score (nSPS) is 10.8. The molecular weight excluding hydrogens is 1400 g/mol. The Kier molecular flexibility index (Phi) is 29.5. The van der Waals surface area contributed by atoms with Crippen LogP contribution in [0.25, 0.3) is 55.2 Å². The van der Waals surface area contributed by atoms with Crippen molar-refractivity contribution in [3.63, 3.8) is 0 Å². The van der Waals surface area contributed by atoms with Gasteiger partial charge in [-0.15, -0.1) is 0 Å². The molecule has 0 bridgehead atoms. The maximum atomic E-state index is 12.7. The van der Waals surface area contributed by atoms with Crippen LogP contribution in [0.3, 0.4) is 0 Å². The highest BCUT2D eigenvalue weighted by Gasteiger charge is 2.12. The molecule has 19 nitrogen and oxygen atoms in total. The van der Waals surface area contributed by atoms with Crippen molar-refractivity contribution in [3.8, 4) is 0 Å². The van der Waals surface area contributed by atoms with E-state index in [1.807, 2.05) is 0 Å². The zero-order valence-electron chi connectivity index (χ0n) is 46.9. The number of ether oxygens (including phenoxy) is 1. The molecule has 1 aliphatic heterocycles. The number of hydrogen-bond acceptors (Lipinski definition) is 18. The van der Waals surface area contributed by atoms with E-state index in [2.05, 4.69) is 93.3 Å². The molecule has 0 spiro atoms. The predicted molar refractivity (Wildman–Crippen MR) is 347 cm³/mol. The Morgan fingerprint density at radius 2 is 0.871 bits per heavy atom. The summed E-state index contributed by atoms with van der Waals surface area (Å²) in [7, 11) is 0. The van der Waals surface area contributed by atoms with Gasteiger partial charge in [-0.1, -0.05) is 46.4 Å². The van der Waals surface area contributed by atoms with E-state index in [4.69, 9.17) is 57.9 Å². The number of carbonyl (C=O) groups excluding carboxylic acids is 3. The molecular formula is C59H40Cl7F7N13O6P. The third-order valence-corrected chi connectivity index (χ3v) is 11.4. The minimum atomic E-state index is -3.22. The highest BCUT2D eigenvalue weighted by molar-refractivity contribution is 8.24. The van der Waals surface area contributed by atoms with Gasteiger partial charge in [-0.25, -0.2) is 60.4 Å². The predicted octanol–water partition coefficient (Wildman–Crippen LogP) is 16.0. The van der Waals surface area contributed by atoms with Crippen molar-refractivity contribution < 1.29 is 54.4 Å². The first-order valence-corrected chi connectivity index (χ1v) is 31.4. The molecule has 93 heavy (non-hydrogen) atoms. The topological polar surface area (TPSA) is 291 Å².